The number of benzene rings is 1. The summed E-state index contributed by atoms with van der Waals surface area (Å²) in [6.45, 7) is 4.86. The lowest BCUT2D eigenvalue weighted by Gasteiger charge is -2.23. The zero-order valence-electron chi connectivity index (χ0n) is 11.3. The molecule has 0 aliphatic rings. The van der Waals surface area contributed by atoms with E-state index in [0.29, 0.717) is 13.2 Å². The van der Waals surface area contributed by atoms with Gasteiger partial charge < -0.3 is 15.4 Å². The first kappa shape index (κ1) is 14.5. The first-order valence-electron chi connectivity index (χ1n) is 6.18. The summed E-state index contributed by atoms with van der Waals surface area (Å²) in [5, 5.41) is 0. The Kier molecular flexibility index (Phi) is 5.65. The van der Waals surface area contributed by atoms with E-state index in [1.807, 2.05) is 44.2 Å². The minimum atomic E-state index is -0.314. The summed E-state index contributed by atoms with van der Waals surface area (Å²) in [6, 6.07) is 9.70. The molecule has 0 bridgehead atoms. The van der Waals surface area contributed by atoms with Crippen molar-refractivity contribution < 1.29 is 9.53 Å². The van der Waals surface area contributed by atoms with E-state index in [1.54, 1.807) is 11.9 Å². The Hall–Kier alpha value is -1.55. The Labute approximate surface area is 109 Å². The average molecular weight is 250 g/mol. The monoisotopic (exact) mass is 250 g/mol. The minimum absolute atomic E-state index is 0.0642. The third kappa shape index (κ3) is 4.75. The first-order chi connectivity index (χ1) is 8.50. The van der Waals surface area contributed by atoms with Crippen molar-refractivity contribution in [3.05, 3.63) is 35.9 Å². The van der Waals surface area contributed by atoms with Gasteiger partial charge in [-0.25, -0.2) is 4.79 Å². The molecule has 1 unspecified atom stereocenters. The van der Waals surface area contributed by atoms with Crippen molar-refractivity contribution in [2.24, 2.45) is 11.7 Å². The second kappa shape index (κ2) is 7.01. The van der Waals surface area contributed by atoms with E-state index in [0.717, 1.165) is 5.56 Å². The van der Waals surface area contributed by atoms with E-state index >= 15 is 0 Å². The fourth-order valence-electron chi connectivity index (χ4n) is 1.50. The van der Waals surface area contributed by atoms with Gasteiger partial charge in [-0.05, 0) is 18.4 Å². The van der Waals surface area contributed by atoms with Crippen molar-refractivity contribution in [3.63, 3.8) is 0 Å². The van der Waals surface area contributed by atoms with Gasteiger partial charge in [0.2, 0.25) is 0 Å². The summed E-state index contributed by atoms with van der Waals surface area (Å²) in [5.41, 5.74) is 6.76. The molecular weight excluding hydrogens is 228 g/mol. The van der Waals surface area contributed by atoms with Crippen molar-refractivity contribution >= 4 is 6.09 Å². The van der Waals surface area contributed by atoms with Gasteiger partial charge >= 0.3 is 6.09 Å². The predicted molar refractivity (Wildman–Crippen MR) is 72.1 cm³/mol. The van der Waals surface area contributed by atoms with E-state index in [1.165, 1.54) is 0 Å². The molecule has 2 atom stereocenters. The van der Waals surface area contributed by atoms with E-state index in [4.69, 9.17) is 10.5 Å². The van der Waals surface area contributed by atoms with Gasteiger partial charge in [0.15, 0.2) is 0 Å². The molecule has 1 aromatic rings. The molecule has 0 heterocycles. The maximum absolute atomic E-state index is 11.7. The molecule has 0 aliphatic heterocycles. The van der Waals surface area contributed by atoms with Crippen molar-refractivity contribution in [1.29, 1.82) is 0 Å². The van der Waals surface area contributed by atoms with Crippen LogP contribution in [0.25, 0.3) is 0 Å². The van der Waals surface area contributed by atoms with Gasteiger partial charge in [0, 0.05) is 19.6 Å². The molecule has 0 fully saturated rings. The lowest BCUT2D eigenvalue weighted by atomic mass is 10.0. The highest BCUT2D eigenvalue weighted by Gasteiger charge is 2.15. The molecule has 18 heavy (non-hydrogen) atoms. The number of nitrogens with two attached hydrogens (primary N) is 1. The smallest absolute Gasteiger partial charge is 0.409 e. The molecule has 0 spiro atoms. The molecule has 0 radical (unpaired) electrons. The van der Waals surface area contributed by atoms with Crippen molar-refractivity contribution in [3.8, 4) is 0 Å². The summed E-state index contributed by atoms with van der Waals surface area (Å²) in [4.78, 5) is 13.3. The Bertz CT molecular complexity index is 365. The lowest BCUT2D eigenvalue weighted by Crippen LogP contribution is -2.37. The fraction of sp³-hybridized carbons (Fsp3) is 0.500. The maximum atomic E-state index is 11.7. The van der Waals surface area contributed by atoms with Crippen LogP contribution in [-0.4, -0.2) is 30.6 Å². The average Bonchev–Trinajstić information content (AvgIpc) is 2.36. The molecule has 1 amide bonds. The van der Waals surface area contributed by atoms with Crippen LogP contribution in [0.1, 0.15) is 19.4 Å². The van der Waals surface area contributed by atoms with Crippen molar-refractivity contribution in [2.45, 2.75) is 26.5 Å². The third-order valence-corrected chi connectivity index (χ3v) is 2.98. The van der Waals surface area contributed by atoms with Gasteiger partial charge in [0.1, 0.15) is 6.61 Å². The molecular formula is C14H22N2O2. The highest BCUT2D eigenvalue weighted by atomic mass is 16.6. The second-order valence-electron chi connectivity index (χ2n) is 4.76. The van der Waals surface area contributed by atoms with E-state index in [2.05, 4.69) is 0 Å². The standard InChI is InChI=1S/C14H22N2O2/c1-11(12(2)15)9-16(3)14(17)18-10-13-7-5-4-6-8-13/h4-8,11-12H,9-10,15H2,1-3H3/t11?,12-/m0/s1. The molecule has 0 saturated heterocycles. The zero-order valence-corrected chi connectivity index (χ0v) is 11.3. The van der Waals surface area contributed by atoms with Crippen LogP contribution in [0.3, 0.4) is 0 Å². The molecule has 4 heteroatoms. The Morgan fingerprint density at radius 2 is 1.94 bits per heavy atom. The quantitative estimate of drug-likeness (QED) is 0.872. The van der Waals surface area contributed by atoms with E-state index in [-0.39, 0.29) is 18.1 Å². The number of ether oxygens (including phenoxy) is 1. The SMILES string of the molecule is CC(CN(C)C(=O)OCc1ccccc1)[C@H](C)N. The summed E-state index contributed by atoms with van der Waals surface area (Å²) < 4.78 is 5.22. The third-order valence-electron chi connectivity index (χ3n) is 2.98. The summed E-state index contributed by atoms with van der Waals surface area (Å²) in [5.74, 6) is 0.249. The largest absolute Gasteiger partial charge is 0.445 e. The first-order valence-corrected chi connectivity index (χ1v) is 6.18. The number of hydrogen-bond donors (Lipinski definition) is 1. The summed E-state index contributed by atoms with van der Waals surface area (Å²) in [7, 11) is 1.73. The van der Waals surface area contributed by atoms with Crippen molar-refractivity contribution in [1.82, 2.24) is 4.90 Å². The Balaban J connectivity index is 2.36. The molecule has 4 nitrogen and oxygen atoms in total. The van der Waals surface area contributed by atoms with Crippen LogP contribution in [0.2, 0.25) is 0 Å². The lowest BCUT2D eigenvalue weighted by molar-refractivity contribution is 0.0992. The fourth-order valence-corrected chi connectivity index (χ4v) is 1.50. The second-order valence-corrected chi connectivity index (χ2v) is 4.76. The Morgan fingerprint density at radius 1 is 1.33 bits per heavy atom. The van der Waals surface area contributed by atoms with E-state index < -0.39 is 0 Å². The van der Waals surface area contributed by atoms with Crippen LogP contribution in [0.4, 0.5) is 4.79 Å². The summed E-state index contributed by atoms with van der Waals surface area (Å²) >= 11 is 0. The van der Waals surface area contributed by atoms with Gasteiger partial charge in [-0.3, -0.25) is 0 Å². The van der Waals surface area contributed by atoms with Crippen LogP contribution in [0.5, 0.6) is 0 Å². The molecule has 0 saturated carbocycles. The zero-order chi connectivity index (χ0) is 13.5. The number of hydrogen-bond acceptors (Lipinski definition) is 3. The number of carbonyl (C=O) groups is 1. The molecule has 2 N–H and O–H groups in total. The van der Waals surface area contributed by atoms with Gasteiger partial charge in [-0.1, -0.05) is 37.3 Å². The van der Waals surface area contributed by atoms with Crippen LogP contribution in [0, 0.1) is 5.92 Å². The van der Waals surface area contributed by atoms with Crippen LogP contribution in [0.15, 0.2) is 30.3 Å². The van der Waals surface area contributed by atoms with Gasteiger partial charge in [-0.15, -0.1) is 0 Å². The number of rotatable bonds is 5. The number of carbonyl (C=O) groups excluding carboxylic acids is 1. The molecule has 1 rings (SSSR count). The molecule has 0 aromatic heterocycles. The Morgan fingerprint density at radius 3 is 2.50 bits per heavy atom. The number of amides is 1. The molecule has 100 valence electrons. The summed E-state index contributed by atoms with van der Waals surface area (Å²) in [6.07, 6.45) is -0.314. The highest BCUT2D eigenvalue weighted by Crippen LogP contribution is 2.06. The topological polar surface area (TPSA) is 55.6 Å². The van der Waals surface area contributed by atoms with Gasteiger partial charge in [0.05, 0.1) is 0 Å². The van der Waals surface area contributed by atoms with Gasteiger partial charge in [0.25, 0.3) is 0 Å². The van der Waals surface area contributed by atoms with Crippen molar-refractivity contribution in [2.75, 3.05) is 13.6 Å². The maximum Gasteiger partial charge on any atom is 0.409 e. The number of nitrogens with zero attached hydrogens (tertiary/aromatic N) is 1. The van der Waals surface area contributed by atoms with Crippen LogP contribution < -0.4 is 5.73 Å². The highest BCUT2D eigenvalue weighted by molar-refractivity contribution is 5.67. The molecule has 1 aromatic carbocycles. The normalized spacial score (nSPS) is 13.8. The minimum Gasteiger partial charge on any atom is -0.445 e. The predicted octanol–water partition coefficient (Wildman–Crippen LogP) is 2.24. The van der Waals surface area contributed by atoms with E-state index in [9.17, 15) is 4.79 Å². The van der Waals surface area contributed by atoms with Gasteiger partial charge in [-0.2, -0.15) is 0 Å². The van der Waals surface area contributed by atoms with Crippen LogP contribution in [-0.2, 0) is 11.3 Å². The molecule has 0 aliphatic carbocycles. The van der Waals surface area contributed by atoms with Crippen LogP contribution >= 0.6 is 0 Å².